The van der Waals surface area contributed by atoms with E-state index >= 15 is 0 Å². The molecule has 1 N–H and O–H groups in total. The summed E-state index contributed by atoms with van der Waals surface area (Å²) in [6, 6.07) is 7.54. The number of rotatable bonds is 4. The van der Waals surface area contributed by atoms with Crippen molar-refractivity contribution in [2.75, 3.05) is 14.2 Å². The van der Waals surface area contributed by atoms with E-state index in [0.29, 0.717) is 15.8 Å². The van der Waals surface area contributed by atoms with Crippen LogP contribution in [0.1, 0.15) is 17.2 Å². The lowest BCUT2D eigenvalue weighted by atomic mass is 10.00. The molecule has 3 nitrogen and oxygen atoms in total. The number of benzene rings is 2. The van der Waals surface area contributed by atoms with Crippen LogP contribution >= 0.6 is 27.5 Å². The fourth-order valence-corrected chi connectivity index (χ4v) is 2.73. The van der Waals surface area contributed by atoms with Crippen molar-refractivity contribution in [2.24, 2.45) is 0 Å². The highest BCUT2D eigenvalue weighted by atomic mass is 79.9. The monoisotopic (exact) mass is 374 g/mol. The quantitative estimate of drug-likeness (QED) is 0.864. The summed E-state index contributed by atoms with van der Waals surface area (Å²) in [7, 11) is 2.90. The van der Waals surface area contributed by atoms with Gasteiger partial charge in [-0.15, -0.1) is 0 Å². The van der Waals surface area contributed by atoms with Crippen molar-refractivity contribution in [2.45, 2.75) is 6.10 Å². The van der Waals surface area contributed by atoms with Crippen molar-refractivity contribution in [3.05, 3.63) is 56.8 Å². The molecule has 0 saturated heterocycles. The molecule has 0 fully saturated rings. The second-order valence-electron chi connectivity index (χ2n) is 4.27. The average Bonchev–Trinajstić information content (AvgIpc) is 2.48. The molecular formula is C15H13BrClFO3. The van der Waals surface area contributed by atoms with E-state index in [2.05, 4.69) is 15.9 Å². The Morgan fingerprint density at radius 3 is 2.48 bits per heavy atom. The van der Waals surface area contributed by atoms with Gasteiger partial charge in [0.1, 0.15) is 28.4 Å². The van der Waals surface area contributed by atoms with Gasteiger partial charge in [-0.25, -0.2) is 4.39 Å². The van der Waals surface area contributed by atoms with Crippen molar-refractivity contribution in [1.29, 1.82) is 0 Å². The van der Waals surface area contributed by atoms with Gasteiger partial charge in [-0.05, 0) is 30.3 Å². The Hall–Kier alpha value is -1.30. The maximum Gasteiger partial charge on any atom is 0.147 e. The minimum absolute atomic E-state index is 0.129. The highest BCUT2D eigenvalue weighted by molar-refractivity contribution is 9.10. The summed E-state index contributed by atoms with van der Waals surface area (Å²) in [5.41, 5.74) is 0.490. The Kier molecular flexibility index (Phi) is 5.08. The minimum Gasteiger partial charge on any atom is -0.495 e. The predicted molar refractivity (Wildman–Crippen MR) is 82.7 cm³/mol. The van der Waals surface area contributed by atoms with Crippen LogP contribution in [0.15, 0.2) is 34.8 Å². The third-order valence-electron chi connectivity index (χ3n) is 3.06. The van der Waals surface area contributed by atoms with E-state index in [1.165, 1.54) is 26.4 Å². The van der Waals surface area contributed by atoms with Gasteiger partial charge in [0.15, 0.2) is 0 Å². The van der Waals surface area contributed by atoms with Gasteiger partial charge in [0.25, 0.3) is 0 Å². The Labute approximate surface area is 135 Å². The van der Waals surface area contributed by atoms with Crippen molar-refractivity contribution >= 4 is 27.5 Å². The third-order valence-corrected chi connectivity index (χ3v) is 3.91. The van der Waals surface area contributed by atoms with E-state index in [1.807, 2.05) is 0 Å². The molecule has 0 bridgehead atoms. The standard InChI is InChI=1S/C15H13BrClFO3/c1-20-12-6-4-9(15(21-2)13(12)17)14(19)10-7-8(16)3-5-11(10)18/h3-7,14,19H,1-2H3. The maximum absolute atomic E-state index is 13.9. The fraction of sp³-hybridized carbons (Fsp3) is 0.200. The van der Waals surface area contributed by atoms with E-state index in [-0.39, 0.29) is 16.3 Å². The van der Waals surface area contributed by atoms with Gasteiger partial charge in [0, 0.05) is 15.6 Å². The molecule has 2 aromatic carbocycles. The number of aliphatic hydroxyl groups is 1. The Bertz CT molecular complexity index is 664. The van der Waals surface area contributed by atoms with Gasteiger partial charge in [-0.3, -0.25) is 0 Å². The molecule has 0 radical (unpaired) electrons. The summed E-state index contributed by atoms with van der Waals surface area (Å²) >= 11 is 9.41. The molecule has 0 saturated carbocycles. The van der Waals surface area contributed by atoms with Crippen molar-refractivity contribution < 1.29 is 19.0 Å². The van der Waals surface area contributed by atoms with Crippen molar-refractivity contribution in [1.82, 2.24) is 0 Å². The van der Waals surface area contributed by atoms with Crippen molar-refractivity contribution in [3.63, 3.8) is 0 Å². The van der Waals surface area contributed by atoms with Crippen LogP contribution in [0.4, 0.5) is 4.39 Å². The van der Waals surface area contributed by atoms with Crippen LogP contribution in [0.3, 0.4) is 0 Å². The lowest BCUT2D eigenvalue weighted by Gasteiger charge is -2.18. The zero-order valence-corrected chi connectivity index (χ0v) is 13.7. The smallest absolute Gasteiger partial charge is 0.147 e. The molecule has 1 atom stereocenters. The summed E-state index contributed by atoms with van der Waals surface area (Å²) < 4.78 is 24.9. The normalized spacial score (nSPS) is 12.1. The molecule has 0 aliphatic heterocycles. The van der Waals surface area contributed by atoms with E-state index in [1.54, 1.807) is 18.2 Å². The van der Waals surface area contributed by atoms with Crippen LogP contribution in [0, 0.1) is 5.82 Å². The Morgan fingerprint density at radius 1 is 1.14 bits per heavy atom. The Balaban J connectivity index is 2.55. The van der Waals surface area contributed by atoms with Crippen LogP contribution in [0.2, 0.25) is 5.02 Å². The first-order valence-electron chi connectivity index (χ1n) is 6.03. The first-order valence-corrected chi connectivity index (χ1v) is 7.20. The molecular weight excluding hydrogens is 363 g/mol. The highest BCUT2D eigenvalue weighted by Gasteiger charge is 2.22. The van der Waals surface area contributed by atoms with Gasteiger partial charge in [-0.2, -0.15) is 0 Å². The number of methoxy groups -OCH3 is 2. The molecule has 2 aromatic rings. The molecule has 2 rings (SSSR count). The number of hydrogen-bond acceptors (Lipinski definition) is 3. The van der Waals surface area contributed by atoms with Gasteiger partial charge in [0.2, 0.25) is 0 Å². The van der Waals surface area contributed by atoms with E-state index in [9.17, 15) is 9.50 Å². The molecule has 1 unspecified atom stereocenters. The SMILES string of the molecule is COc1ccc(C(O)c2cc(Br)ccc2F)c(OC)c1Cl. The van der Waals surface area contributed by atoms with Gasteiger partial charge in [0.05, 0.1) is 14.2 Å². The van der Waals surface area contributed by atoms with Gasteiger partial charge >= 0.3 is 0 Å². The largest absolute Gasteiger partial charge is 0.495 e. The lowest BCUT2D eigenvalue weighted by Crippen LogP contribution is -2.05. The minimum atomic E-state index is -1.21. The summed E-state index contributed by atoms with van der Waals surface area (Å²) in [4.78, 5) is 0. The van der Waals surface area contributed by atoms with E-state index in [0.717, 1.165) is 0 Å². The zero-order valence-electron chi connectivity index (χ0n) is 11.4. The molecule has 0 aliphatic rings. The molecule has 6 heteroatoms. The summed E-state index contributed by atoms with van der Waals surface area (Å²) in [5.74, 6) is 0.154. The van der Waals surface area contributed by atoms with Crippen LogP contribution in [-0.4, -0.2) is 19.3 Å². The van der Waals surface area contributed by atoms with Crippen molar-refractivity contribution in [3.8, 4) is 11.5 Å². The first-order chi connectivity index (χ1) is 9.99. The van der Waals surface area contributed by atoms with Crippen LogP contribution in [0.5, 0.6) is 11.5 Å². The zero-order chi connectivity index (χ0) is 15.6. The average molecular weight is 376 g/mol. The Morgan fingerprint density at radius 2 is 1.86 bits per heavy atom. The lowest BCUT2D eigenvalue weighted by molar-refractivity contribution is 0.209. The van der Waals surface area contributed by atoms with Gasteiger partial charge < -0.3 is 14.6 Å². The molecule has 0 amide bonds. The molecule has 0 aliphatic carbocycles. The number of halogens is 3. The van der Waals surface area contributed by atoms with E-state index < -0.39 is 11.9 Å². The second-order valence-corrected chi connectivity index (χ2v) is 5.57. The summed E-state index contributed by atoms with van der Waals surface area (Å²) in [6.45, 7) is 0. The molecule has 21 heavy (non-hydrogen) atoms. The molecule has 0 heterocycles. The van der Waals surface area contributed by atoms with Gasteiger partial charge in [-0.1, -0.05) is 27.5 Å². The van der Waals surface area contributed by atoms with E-state index in [4.69, 9.17) is 21.1 Å². The third kappa shape index (κ3) is 3.15. The summed E-state index contributed by atoms with van der Waals surface area (Å²) in [5, 5.41) is 10.7. The second kappa shape index (κ2) is 6.64. The van der Waals surface area contributed by atoms with Crippen LogP contribution < -0.4 is 9.47 Å². The number of ether oxygens (including phenoxy) is 2. The predicted octanol–water partition coefficient (Wildman–Crippen LogP) is 4.34. The molecule has 0 aromatic heterocycles. The number of aliphatic hydroxyl groups excluding tert-OH is 1. The molecule has 0 spiro atoms. The first kappa shape index (κ1) is 16.1. The fourth-order valence-electron chi connectivity index (χ4n) is 2.03. The maximum atomic E-state index is 13.9. The number of hydrogen-bond donors (Lipinski definition) is 1. The van der Waals surface area contributed by atoms with Crippen LogP contribution in [0.25, 0.3) is 0 Å². The summed E-state index contributed by atoms with van der Waals surface area (Å²) in [6.07, 6.45) is -1.21. The highest BCUT2D eigenvalue weighted by Crippen LogP contribution is 2.41. The van der Waals surface area contributed by atoms with Crippen LogP contribution in [-0.2, 0) is 0 Å². The topological polar surface area (TPSA) is 38.7 Å². The molecule has 112 valence electrons.